The van der Waals surface area contributed by atoms with Crippen LogP contribution in [0.1, 0.15) is 0 Å². The van der Waals surface area contributed by atoms with E-state index in [0.29, 0.717) is 10.7 Å². The van der Waals surface area contributed by atoms with E-state index in [2.05, 4.69) is 5.43 Å². The fourth-order valence-corrected chi connectivity index (χ4v) is 1.20. The molecule has 1 saturated heterocycles. The van der Waals surface area contributed by atoms with Crippen molar-refractivity contribution in [1.29, 1.82) is 0 Å². The summed E-state index contributed by atoms with van der Waals surface area (Å²) < 4.78 is 4.69. The number of cyclic esters (lactones) is 1. The number of nitrogens with zero attached hydrogens (tertiary/aromatic N) is 1. The van der Waals surface area contributed by atoms with Crippen molar-refractivity contribution < 1.29 is 9.53 Å². The highest BCUT2D eigenvalue weighted by Crippen LogP contribution is 2.18. The molecule has 0 unspecified atom stereocenters. The first-order valence-corrected chi connectivity index (χ1v) is 4.11. The Morgan fingerprint density at radius 1 is 1.38 bits per heavy atom. The molecule has 5 heteroatoms. The summed E-state index contributed by atoms with van der Waals surface area (Å²) in [6.45, 7) is 0.210. The molecule has 1 aromatic carbocycles. The molecule has 1 heterocycles. The van der Waals surface area contributed by atoms with Gasteiger partial charge in [0.15, 0.2) is 6.73 Å². The molecule has 1 amide bonds. The first kappa shape index (κ1) is 8.34. The number of anilines is 1. The third-order valence-electron chi connectivity index (χ3n) is 1.69. The van der Waals surface area contributed by atoms with Crippen molar-refractivity contribution in [3.05, 3.63) is 29.3 Å². The van der Waals surface area contributed by atoms with Crippen molar-refractivity contribution >= 4 is 23.4 Å². The van der Waals surface area contributed by atoms with Crippen LogP contribution in [0, 0.1) is 0 Å². The number of benzene rings is 1. The highest BCUT2D eigenvalue weighted by atomic mass is 35.5. The molecule has 0 atom stereocenters. The first-order valence-electron chi connectivity index (χ1n) is 3.73. The van der Waals surface area contributed by atoms with Gasteiger partial charge in [0.1, 0.15) is 0 Å². The number of amides is 1. The quantitative estimate of drug-likeness (QED) is 0.748. The van der Waals surface area contributed by atoms with E-state index in [1.807, 2.05) is 0 Å². The summed E-state index contributed by atoms with van der Waals surface area (Å²) in [5.74, 6) is 0. The van der Waals surface area contributed by atoms with Crippen molar-refractivity contribution in [3.8, 4) is 0 Å². The van der Waals surface area contributed by atoms with E-state index in [4.69, 9.17) is 16.3 Å². The van der Waals surface area contributed by atoms with Crippen molar-refractivity contribution in [2.24, 2.45) is 0 Å². The molecule has 0 aromatic heterocycles. The molecule has 0 radical (unpaired) electrons. The number of hydrazine groups is 1. The average molecular weight is 199 g/mol. The fraction of sp³-hybridized carbons (Fsp3) is 0.125. The summed E-state index contributed by atoms with van der Waals surface area (Å²) in [5.41, 5.74) is 3.48. The number of rotatable bonds is 1. The molecule has 1 fully saturated rings. The second-order valence-electron chi connectivity index (χ2n) is 2.52. The van der Waals surface area contributed by atoms with E-state index in [0.717, 1.165) is 0 Å². The number of halogens is 1. The number of nitrogens with one attached hydrogen (secondary N) is 1. The average Bonchev–Trinajstić information content (AvgIpc) is 2.53. The molecule has 1 aliphatic rings. The third-order valence-corrected chi connectivity index (χ3v) is 1.94. The zero-order chi connectivity index (χ0) is 9.26. The molecule has 2 rings (SSSR count). The predicted octanol–water partition coefficient (Wildman–Crippen LogP) is 1.76. The van der Waals surface area contributed by atoms with Crippen LogP contribution in [0.4, 0.5) is 10.5 Å². The van der Waals surface area contributed by atoms with Crippen LogP contribution in [-0.2, 0) is 4.74 Å². The lowest BCUT2D eigenvalue weighted by Gasteiger charge is -2.11. The lowest BCUT2D eigenvalue weighted by atomic mass is 10.3. The number of ether oxygens (including phenoxy) is 1. The van der Waals surface area contributed by atoms with Gasteiger partial charge in [-0.05, 0) is 24.3 Å². The van der Waals surface area contributed by atoms with Gasteiger partial charge in [0.25, 0.3) is 0 Å². The van der Waals surface area contributed by atoms with E-state index in [1.54, 1.807) is 24.3 Å². The Hall–Kier alpha value is -1.26. The number of carbonyl (C=O) groups excluding carboxylic acids is 1. The smallest absolute Gasteiger partial charge is 0.430 e. The minimum absolute atomic E-state index is 0.210. The fourth-order valence-electron chi connectivity index (χ4n) is 1.07. The Morgan fingerprint density at radius 2 is 2.08 bits per heavy atom. The van der Waals surface area contributed by atoms with Gasteiger partial charge in [0.2, 0.25) is 0 Å². The predicted molar refractivity (Wildman–Crippen MR) is 48.4 cm³/mol. The van der Waals surface area contributed by atoms with E-state index >= 15 is 0 Å². The van der Waals surface area contributed by atoms with E-state index in [1.165, 1.54) is 5.01 Å². The Bertz CT molecular complexity index is 325. The molecule has 4 nitrogen and oxygen atoms in total. The third kappa shape index (κ3) is 1.59. The lowest BCUT2D eigenvalue weighted by Crippen LogP contribution is -2.33. The first-order chi connectivity index (χ1) is 6.27. The van der Waals surface area contributed by atoms with Crippen LogP contribution in [0.25, 0.3) is 0 Å². The Kier molecular flexibility index (Phi) is 2.08. The van der Waals surface area contributed by atoms with E-state index in [9.17, 15) is 4.79 Å². The zero-order valence-corrected chi connectivity index (χ0v) is 7.41. The topological polar surface area (TPSA) is 41.6 Å². The molecule has 1 N–H and O–H groups in total. The minimum Gasteiger partial charge on any atom is -0.431 e. The Balaban J connectivity index is 2.25. The van der Waals surface area contributed by atoms with Crippen molar-refractivity contribution in [1.82, 2.24) is 5.43 Å². The number of carbonyl (C=O) groups is 1. The lowest BCUT2D eigenvalue weighted by molar-refractivity contribution is 0.178. The SMILES string of the molecule is O=C1OCNN1c1ccc(Cl)cc1. The van der Waals surface area contributed by atoms with Crippen LogP contribution in [0.5, 0.6) is 0 Å². The van der Waals surface area contributed by atoms with E-state index < -0.39 is 6.09 Å². The maximum atomic E-state index is 11.1. The van der Waals surface area contributed by atoms with Gasteiger partial charge in [0, 0.05) is 5.02 Å². The van der Waals surface area contributed by atoms with Crippen molar-refractivity contribution in [2.75, 3.05) is 11.7 Å². The normalized spacial score (nSPS) is 16.1. The maximum Gasteiger partial charge on any atom is 0.430 e. The standard InChI is InChI=1S/C8H7ClN2O2/c9-6-1-3-7(4-2-6)11-8(12)13-5-10-11/h1-4,10H,5H2. The van der Waals surface area contributed by atoms with Gasteiger partial charge < -0.3 is 4.74 Å². The second-order valence-corrected chi connectivity index (χ2v) is 2.96. The molecule has 13 heavy (non-hydrogen) atoms. The highest BCUT2D eigenvalue weighted by Gasteiger charge is 2.22. The van der Waals surface area contributed by atoms with Gasteiger partial charge in [-0.1, -0.05) is 11.6 Å². The summed E-state index contributed by atoms with van der Waals surface area (Å²) >= 11 is 5.70. The minimum atomic E-state index is -0.401. The number of hydrogen-bond acceptors (Lipinski definition) is 3. The van der Waals surface area contributed by atoms with Crippen LogP contribution < -0.4 is 10.4 Å². The monoisotopic (exact) mass is 198 g/mol. The summed E-state index contributed by atoms with van der Waals surface area (Å²) in [6.07, 6.45) is -0.401. The zero-order valence-electron chi connectivity index (χ0n) is 6.66. The molecule has 1 aromatic rings. The van der Waals surface area contributed by atoms with Crippen molar-refractivity contribution in [3.63, 3.8) is 0 Å². The van der Waals surface area contributed by atoms with Crippen LogP contribution in [-0.4, -0.2) is 12.8 Å². The Morgan fingerprint density at radius 3 is 2.62 bits per heavy atom. The largest absolute Gasteiger partial charge is 0.431 e. The molecular weight excluding hydrogens is 192 g/mol. The molecule has 0 aliphatic carbocycles. The van der Waals surface area contributed by atoms with Gasteiger partial charge in [0.05, 0.1) is 5.69 Å². The molecule has 0 spiro atoms. The summed E-state index contributed by atoms with van der Waals surface area (Å²) in [7, 11) is 0. The van der Waals surface area contributed by atoms with Gasteiger partial charge in [-0.3, -0.25) is 0 Å². The molecular formula is C8H7ClN2O2. The van der Waals surface area contributed by atoms with Crippen LogP contribution >= 0.6 is 11.6 Å². The van der Waals surface area contributed by atoms with Gasteiger partial charge in [-0.2, -0.15) is 5.43 Å². The van der Waals surface area contributed by atoms with Gasteiger partial charge >= 0.3 is 6.09 Å². The Labute approximate surface area is 80.0 Å². The molecule has 1 aliphatic heterocycles. The summed E-state index contributed by atoms with van der Waals surface area (Å²) in [5, 5.41) is 1.97. The molecule has 0 saturated carbocycles. The van der Waals surface area contributed by atoms with Crippen molar-refractivity contribution in [2.45, 2.75) is 0 Å². The summed E-state index contributed by atoms with van der Waals surface area (Å²) in [4.78, 5) is 11.1. The van der Waals surface area contributed by atoms with Crippen LogP contribution in [0.2, 0.25) is 5.02 Å². The van der Waals surface area contributed by atoms with Crippen LogP contribution in [0.15, 0.2) is 24.3 Å². The van der Waals surface area contributed by atoms with Gasteiger partial charge in [-0.15, -0.1) is 0 Å². The highest BCUT2D eigenvalue weighted by molar-refractivity contribution is 6.30. The molecule has 68 valence electrons. The maximum absolute atomic E-state index is 11.1. The second kappa shape index (κ2) is 3.24. The summed E-state index contributed by atoms with van der Waals surface area (Å²) in [6, 6.07) is 6.90. The number of hydrogen-bond donors (Lipinski definition) is 1. The van der Waals surface area contributed by atoms with E-state index in [-0.39, 0.29) is 6.73 Å². The van der Waals surface area contributed by atoms with Crippen LogP contribution in [0.3, 0.4) is 0 Å². The molecule has 0 bridgehead atoms. The van der Waals surface area contributed by atoms with Gasteiger partial charge in [-0.25, -0.2) is 9.80 Å².